The van der Waals surface area contributed by atoms with Gasteiger partial charge in [0.2, 0.25) is 0 Å². The van der Waals surface area contributed by atoms with Gasteiger partial charge >= 0.3 is 0 Å². The summed E-state index contributed by atoms with van der Waals surface area (Å²) < 4.78 is 0. The summed E-state index contributed by atoms with van der Waals surface area (Å²) >= 11 is 0. The number of aliphatic carboxylic acids is 1. The first-order valence-electron chi connectivity index (χ1n) is 15.1. The van der Waals surface area contributed by atoms with Crippen molar-refractivity contribution in [1.82, 2.24) is 9.97 Å². The van der Waals surface area contributed by atoms with Crippen LogP contribution in [-0.2, 0) is 34.7 Å². The van der Waals surface area contributed by atoms with Crippen molar-refractivity contribution in [3.8, 4) is 45.4 Å². The second-order valence-corrected chi connectivity index (χ2v) is 10.6. The summed E-state index contributed by atoms with van der Waals surface area (Å²) in [6, 6.07) is 23.5. The van der Waals surface area contributed by atoms with E-state index < -0.39 is 5.97 Å². The molecule has 0 aliphatic heterocycles. The van der Waals surface area contributed by atoms with Crippen LogP contribution >= 0.6 is 0 Å². The Kier molecular flexibility index (Phi) is 15.5. The molecule has 1 radical (unpaired) electrons. The molecular formula is C36H44MnN2O4. The molecule has 6 nitrogen and oxygen atoms in total. The number of aromatic hydroxyl groups is 2. The van der Waals surface area contributed by atoms with Gasteiger partial charge in [0.25, 0.3) is 5.97 Å². The minimum Gasteiger partial charge on any atom is -0.507 e. The molecule has 0 aliphatic carbocycles. The van der Waals surface area contributed by atoms with Gasteiger partial charge in [-0.05, 0) is 73.2 Å². The number of carboxylic acids is 1. The van der Waals surface area contributed by atoms with Crippen LogP contribution in [-0.4, -0.2) is 31.3 Å². The Morgan fingerprint density at radius 2 is 0.930 bits per heavy atom. The van der Waals surface area contributed by atoms with E-state index in [-0.39, 0.29) is 17.1 Å². The fourth-order valence-corrected chi connectivity index (χ4v) is 4.94. The monoisotopic (exact) mass is 623 g/mol. The number of unbranched alkanes of at least 4 members (excludes halogenated alkanes) is 6. The summed E-state index contributed by atoms with van der Waals surface area (Å²) in [6.07, 6.45) is 11.1. The third kappa shape index (κ3) is 10.8. The molecule has 43 heavy (non-hydrogen) atoms. The van der Waals surface area contributed by atoms with Crippen molar-refractivity contribution in [2.75, 3.05) is 0 Å². The van der Waals surface area contributed by atoms with Crippen molar-refractivity contribution >= 4 is 5.97 Å². The van der Waals surface area contributed by atoms with Gasteiger partial charge in [-0.15, -0.1) is 0 Å². The maximum Gasteiger partial charge on any atom is 0.300 e. The van der Waals surface area contributed by atoms with Gasteiger partial charge in [-0.1, -0.05) is 88.8 Å². The van der Waals surface area contributed by atoms with E-state index in [1.807, 2.05) is 72.8 Å². The summed E-state index contributed by atoms with van der Waals surface area (Å²) in [5, 5.41) is 29.5. The van der Waals surface area contributed by atoms with E-state index in [1.165, 1.54) is 38.5 Å². The molecular weight excluding hydrogens is 579 g/mol. The number of hydrogen-bond acceptors (Lipinski definition) is 5. The quantitative estimate of drug-likeness (QED) is 0.101. The molecule has 0 bridgehead atoms. The molecule has 0 atom stereocenters. The number of aryl methyl sites for hydroxylation is 2. The van der Waals surface area contributed by atoms with Crippen LogP contribution in [0.4, 0.5) is 0 Å². The number of phenols is 2. The number of carbonyl (C=O) groups is 1. The van der Waals surface area contributed by atoms with Gasteiger partial charge in [0, 0.05) is 35.1 Å². The molecule has 4 rings (SSSR count). The first-order chi connectivity index (χ1) is 20.3. The van der Waals surface area contributed by atoms with E-state index in [4.69, 9.17) is 19.9 Å². The van der Waals surface area contributed by atoms with Gasteiger partial charge in [-0.25, -0.2) is 9.97 Å². The van der Waals surface area contributed by atoms with E-state index in [9.17, 15) is 10.2 Å². The van der Waals surface area contributed by atoms with Gasteiger partial charge < -0.3 is 15.3 Å². The number of benzene rings is 2. The fourth-order valence-electron chi connectivity index (χ4n) is 4.94. The van der Waals surface area contributed by atoms with E-state index in [0.717, 1.165) is 77.6 Å². The van der Waals surface area contributed by atoms with E-state index in [1.54, 1.807) is 0 Å². The van der Waals surface area contributed by atoms with Crippen LogP contribution in [0.3, 0.4) is 0 Å². The van der Waals surface area contributed by atoms with Crippen molar-refractivity contribution in [3.63, 3.8) is 0 Å². The number of para-hydroxylation sites is 2. The fraction of sp³-hybridized carbons (Fsp3) is 0.361. The molecule has 0 saturated carbocycles. The summed E-state index contributed by atoms with van der Waals surface area (Å²) in [7, 11) is 0. The molecule has 3 N–H and O–H groups in total. The summed E-state index contributed by atoms with van der Waals surface area (Å²) in [5.74, 6) is -0.202. The first-order valence-corrected chi connectivity index (χ1v) is 15.1. The SMILES string of the molecule is CC(=O)O.CCCCCCc1cccc(-c2cccc(-c3cccc(-c4cccc(CCCCCC)c4O)n3)n2)c1O.[Mn]. The van der Waals surface area contributed by atoms with Crippen LogP contribution in [0, 0.1) is 0 Å². The Hall–Kier alpha value is -3.67. The number of nitrogens with zero attached hydrogens (tertiary/aromatic N) is 2. The zero-order valence-corrected chi connectivity index (χ0v) is 26.7. The number of rotatable bonds is 13. The van der Waals surface area contributed by atoms with Gasteiger partial charge in [-0.2, -0.15) is 0 Å². The Morgan fingerprint density at radius 1 is 0.581 bits per heavy atom. The molecule has 2 aromatic heterocycles. The topological polar surface area (TPSA) is 104 Å². The van der Waals surface area contributed by atoms with Crippen LogP contribution in [0.1, 0.15) is 83.3 Å². The third-order valence-corrected chi connectivity index (χ3v) is 7.15. The Labute approximate surface area is 266 Å². The third-order valence-electron chi connectivity index (χ3n) is 7.15. The summed E-state index contributed by atoms with van der Waals surface area (Å²) in [5.41, 5.74) is 6.32. The van der Waals surface area contributed by atoms with Crippen molar-refractivity contribution < 1.29 is 37.2 Å². The van der Waals surface area contributed by atoms with E-state index in [2.05, 4.69) is 13.8 Å². The van der Waals surface area contributed by atoms with Crippen molar-refractivity contribution in [1.29, 1.82) is 0 Å². The van der Waals surface area contributed by atoms with Crippen molar-refractivity contribution in [2.45, 2.75) is 85.0 Å². The molecule has 0 unspecified atom stereocenters. The molecule has 0 amide bonds. The summed E-state index contributed by atoms with van der Waals surface area (Å²) in [4.78, 5) is 18.7. The molecule has 0 fully saturated rings. The number of aromatic nitrogens is 2. The number of phenolic OH excluding ortho intramolecular Hbond substituents is 2. The molecule has 0 aliphatic rings. The maximum atomic E-state index is 11.0. The molecule has 7 heteroatoms. The van der Waals surface area contributed by atoms with Crippen molar-refractivity contribution in [3.05, 3.63) is 83.9 Å². The van der Waals surface area contributed by atoms with E-state index >= 15 is 0 Å². The van der Waals surface area contributed by atoms with Crippen LogP contribution < -0.4 is 0 Å². The molecule has 4 aromatic rings. The Balaban J connectivity index is 0.00000121. The number of pyridine rings is 2. The largest absolute Gasteiger partial charge is 0.507 e. The summed E-state index contributed by atoms with van der Waals surface area (Å²) in [6.45, 7) is 5.49. The number of carboxylic acid groups (broad SMARTS) is 1. The normalized spacial score (nSPS) is 10.4. The maximum absolute atomic E-state index is 11.0. The average Bonchev–Trinajstić information content (AvgIpc) is 2.99. The second kappa shape index (κ2) is 18.8. The van der Waals surface area contributed by atoms with Crippen LogP contribution in [0.25, 0.3) is 33.9 Å². The van der Waals surface area contributed by atoms with Gasteiger partial charge in [0.1, 0.15) is 11.5 Å². The predicted octanol–water partition coefficient (Wildman–Crippen LogP) is 9.22. The minimum absolute atomic E-state index is 0. The Bertz CT molecular complexity index is 1330. The predicted molar refractivity (Wildman–Crippen MR) is 171 cm³/mol. The van der Waals surface area contributed by atoms with Crippen LogP contribution in [0.5, 0.6) is 11.5 Å². The first kappa shape index (κ1) is 35.5. The van der Waals surface area contributed by atoms with Gasteiger partial charge in [-0.3, -0.25) is 4.79 Å². The molecule has 0 spiro atoms. The molecule has 2 heterocycles. The van der Waals surface area contributed by atoms with Gasteiger partial charge in [0.05, 0.1) is 22.8 Å². The van der Waals surface area contributed by atoms with E-state index in [0.29, 0.717) is 11.5 Å². The standard InChI is InChI=1S/C34H40N2O2.C2H4O2.Mn/c1-3-5-7-9-15-25-17-11-19-27(33(25)37)29-21-13-23-31(35-29)32-24-14-22-30(36-32)28-20-12-18-26(34(28)38)16-10-8-6-4-2;1-2(3)4;/h11-14,17-24,37-38H,3-10,15-16H2,1-2H3;1H3,(H,3,4);. The molecule has 229 valence electrons. The van der Waals surface area contributed by atoms with Crippen LogP contribution in [0.2, 0.25) is 0 Å². The molecule has 2 aromatic carbocycles. The zero-order chi connectivity index (χ0) is 30.3. The Morgan fingerprint density at radius 3 is 1.30 bits per heavy atom. The minimum atomic E-state index is -0.833. The van der Waals surface area contributed by atoms with Crippen LogP contribution in [0.15, 0.2) is 72.8 Å². The smallest absolute Gasteiger partial charge is 0.300 e. The average molecular weight is 624 g/mol. The van der Waals surface area contributed by atoms with Gasteiger partial charge in [0.15, 0.2) is 0 Å². The zero-order valence-electron chi connectivity index (χ0n) is 25.5. The van der Waals surface area contributed by atoms with Crippen molar-refractivity contribution in [2.24, 2.45) is 0 Å². The second-order valence-electron chi connectivity index (χ2n) is 10.6. The molecule has 0 saturated heterocycles. The number of hydrogen-bond donors (Lipinski definition) is 3.